The summed E-state index contributed by atoms with van der Waals surface area (Å²) in [5.74, 6) is 0. The van der Waals surface area contributed by atoms with Crippen molar-refractivity contribution in [2.45, 2.75) is 50.6 Å². The van der Waals surface area contributed by atoms with Gasteiger partial charge in [-0.1, -0.05) is 6.42 Å². The predicted molar refractivity (Wildman–Crippen MR) is 61.9 cm³/mol. The average molecular weight is 212 g/mol. The standard InChI is InChI=1S/C12H24N2O/c15-9-6-12-5-1-2-8-14(12)10-11-4-3-7-13-11/h11-13,15H,1-10H2. The van der Waals surface area contributed by atoms with E-state index in [0.717, 1.165) is 6.42 Å². The minimum Gasteiger partial charge on any atom is -0.396 e. The van der Waals surface area contributed by atoms with Gasteiger partial charge in [0.15, 0.2) is 0 Å². The SMILES string of the molecule is OCCC1CCCCN1CC1CCCN1. The van der Waals surface area contributed by atoms with Crippen LogP contribution in [0.1, 0.15) is 38.5 Å². The normalized spacial score (nSPS) is 33.4. The number of hydrogen-bond donors (Lipinski definition) is 2. The molecule has 2 unspecified atom stereocenters. The van der Waals surface area contributed by atoms with Crippen LogP contribution < -0.4 is 5.32 Å². The zero-order valence-corrected chi connectivity index (χ0v) is 9.62. The molecule has 0 aromatic rings. The number of aliphatic hydroxyl groups excluding tert-OH is 1. The summed E-state index contributed by atoms with van der Waals surface area (Å²) in [5, 5.41) is 12.6. The Morgan fingerprint density at radius 1 is 1.20 bits per heavy atom. The third-order valence-electron chi connectivity index (χ3n) is 3.83. The number of hydrogen-bond acceptors (Lipinski definition) is 3. The van der Waals surface area contributed by atoms with E-state index in [2.05, 4.69) is 10.2 Å². The molecule has 2 aliphatic heterocycles. The highest BCUT2D eigenvalue weighted by Gasteiger charge is 2.25. The van der Waals surface area contributed by atoms with Crippen molar-refractivity contribution in [2.24, 2.45) is 0 Å². The molecule has 2 heterocycles. The molecule has 0 aromatic carbocycles. The van der Waals surface area contributed by atoms with Gasteiger partial charge in [-0.2, -0.15) is 0 Å². The molecule has 0 aromatic heterocycles. The van der Waals surface area contributed by atoms with E-state index in [9.17, 15) is 0 Å². The summed E-state index contributed by atoms with van der Waals surface area (Å²) in [4.78, 5) is 2.60. The van der Waals surface area contributed by atoms with Gasteiger partial charge in [-0.05, 0) is 45.2 Å². The van der Waals surface area contributed by atoms with E-state index in [4.69, 9.17) is 5.11 Å². The van der Waals surface area contributed by atoms with Gasteiger partial charge < -0.3 is 10.4 Å². The van der Waals surface area contributed by atoms with E-state index in [-0.39, 0.29) is 0 Å². The van der Waals surface area contributed by atoms with Crippen molar-refractivity contribution in [3.05, 3.63) is 0 Å². The van der Waals surface area contributed by atoms with Gasteiger partial charge in [0, 0.05) is 25.2 Å². The van der Waals surface area contributed by atoms with Crippen molar-refractivity contribution in [3.63, 3.8) is 0 Å². The Kier molecular flexibility index (Phi) is 4.42. The summed E-state index contributed by atoms with van der Waals surface area (Å²) >= 11 is 0. The lowest BCUT2D eigenvalue weighted by Gasteiger charge is -2.37. The lowest BCUT2D eigenvalue weighted by molar-refractivity contribution is 0.110. The molecule has 0 radical (unpaired) electrons. The molecule has 2 saturated heterocycles. The van der Waals surface area contributed by atoms with E-state index in [0.29, 0.717) is 18.7 Å². The maximum Gasteiger partial charge on any atom is 0.0445 e. The van der Waals surface area contributed by atoms with E-state index in [1.165, 1.54) is 51.7 Å². The fraction of sp³-hybridized carbons (Fsp3) is 1.00. The van der Waals surface area contributed by atoms with Crippen LogP contribution in [0.5, 0.6) is 0 Å². The van der Waals surface area contributed by atoms with Crippen LogP contribution in [-0.4, -0.2) is 48.3 Å². The van der Waals surface area contributed by atoms with Gasteiger partial charge in [0.05, 0.1) is 0 Å². The van der Waals surface area contributed by atoms with Crippen molar-refractivity contribution >= 4 is 0 Å². The molecule has 2 N–H and O–H groups in total. The first kappa shape index (κ1) is 11.4. The first-order valence-corrected chi connectivity index (χ1v) is 6.48. The number of piperidine rings is 1. The highest BCUT2D eigenvalue weighted by Crippen LogP contribution is 2.20. The van der Waals surface area contributed by atoms with Gasteiger partial charge in [0.25, 0.3) is 0 Å². The third-order valence-corrected chi connectivity index (χ3v) is 3.83. The van der Waals surface area contributed by atoms with Crippen molar-refractivity contribution in [2.75, 3.05) is 26.2 Å². The second kappa shape index (κ2) is 5.83. The van der Waals surface area contributed by atoms with Crippen LogP contribution in [0.2, 0.25) is 0 Å². The Hall–Kier alpha value is -0.120. The van der Waals surface area contributed by atoms with Crippen LogP contribution in [0.25, 0.3) is 0 Å². The molecule has 2 fully saturated rings. The summed E-state index contributed by atoms with van der Waals surface area (Å²) in [6, 6.07) is 1.36. The van der Waals surface area contributed by atoms with Crippen LogP contribution in [0.3, 0.4) is 0 Å². The molecule has 15 heavy (non-hydrogen) atoms. The van der Waals surface area contributed by atoms with Crippen molar-refractivity contribution < 1.29 is 5.11 Å². The number of rotatable bonds is 4. The minimum absolute atomic E-state index is 0.346. The van der Waals surface area contributed by atoms with Crippen LogP contribution in [0, 0.1) is 0 Å². The molecular formula is C12H24N2O. The highest BCUT2D eigenvalue weighted by atomic mass is 16.3. The lowest BCUT2D eigenvalue weighted by atomic mass is 9.99. The summed E-state index contributed by atoms with van der Waals surface area (Å²) in [6.45, 7) is 3.98. The number of aliphatic hydroxyl groups is 1. The van der Waals surface area contributed by atoms with Gasteiger partial charge in [-0.25, -0.2) is 0 Å². The van der Waals surface area contributed by atoms with Crippen LogP contribution in [-0.2, 0) is 0 Å². The molecule has 0 amide bonds. The number of nitrogens with one attached hydrogen (secondary N) is 1. The Morgan fingerprint density at radius 2 is 2.13 bits per heavy atom. The van der Waals surface area contributed by atoms with E-state index >= 15 is 0 Å². The Labute approximate surface area is 92.8 Å². The van der Waals surface area contributed by atoms with Crippen molar-refractivity contribution in [3.8, 4) is 0 Å². The fourth-order valence-electron chi connectivity index (χ4n) is 2.97. The Bertz CT molecular complexity index is 178. The predicted octanol–water partition coefficient (Wildman–Crippen LogP) is 0.975. The average Bonchev–Trinajstić information content (AvgIpc) is 2.74. The minimum atomic E-state index is 0.346. The zero-order chi connectivity index (χ0) is 10.5. The van der Waals surface area contributed by atoms with Crippen LogP contribution in [0.4, 0.5) is 0 Å². The van der Waals surface area contributed by atoms with E-state index in [1.807, 2.05) is 0 Å². The second-order valence-corrected chi connectivity index (χ2v) is 4.95. The molecule has 0 aliphatic carbocycles. The largest absolute Gasteiger partial charge is 0.396 e. The topological polar surface area (TPSA) is 35.5 Å². The Morgan fingerprint density at radius 3 is 2.87 bits per heavy atom. The smallest absolute Gasteiger partial charge is 0.0445 e. The molecule has 2 atom stereocenters. The van der Waals surface area contributed by atoms with E-state index in [1.54, 1.807) is 0 Å². The summed E-state index contributed by atoms with van der Waals surface area (Å²) in [5.41, 5.74) is 0. The van der Waals surface area contributed by atoms with Crippen LogP contribution >= 0.6 is 0 Å². The van der Waals surface area contributed by atoms with Crippen molar-refractivity contribution in [1.29, 1.82) is 0 Å². The first-order chi connectivity index (χ1) is 7.40. The zero-order valence-electron chi connectivity index (χ0n) is 9.62. The molecule has 2 aliphatic rings. The fourth-order valence-corrected chi connectivity index (χ4v) is 2.97. The molecule has 88 valence electrons. The van der Waals surface area contributed by atoms with Gasteiger partial charge >= 0.3 is 0 Å². The quantitative estimate of drug-likeness (QED) is 0.729. The first-order valence-electron chi connectivity index (χ1n) is 6.48. The maximum atomic E-state index is 9.05. The summed E-state index contributed by atoms with van der Waals surface area (Å²) in [7, 11) is 0. The summed E-state index contributed by atoms with van der Waals surface area (Å²) < 4.78 is 0. The highest BCUT2D eigenvalue weighted by molar-refractivity contribution is 4.83. The molecule has 0 bridgehead atoms. The summed E-state index contributed by atoms with van der Waals surface area (Å²) in [6.07, 6.45) is 7.61. The lowest BCUT2D eigenvalue weighted by Crippen LogP contribution is -2.46. The van der Waals surface area contributed by atoms with Gasteiger partial charge in [0.2, 0.25) is 0 Å². The molecule has 0 saturated carbocycles. The molecular weight excluding hydrogens is 188 g/mol. The van der Waals surface area contributed by atoms with Crippen molar-refractivity contribution in [1.82, 2.24) is 10.2 Å². The monoisotopic (exact) mass is 212 g/mol. The third kappa shape index (κ3) is 3.16. The van der Waals surface area contributed by atoms with E-state index < -0.39 is 0 Å². The molecule has 2 rings (SSSR count). The number of likely N-dealkylation sites (tertiary alicyclic amines) is 1. The number of nitrogens with zero attached hydrogens (tertiary/aromatic N) is 1. The maximum absolute atomic E-state index is 9.05. The molecule has 3 heteroatoms. The van der Waals surface area contributed by atoms with Gasteiger partial charge in [0.1, 0.15) is 0 Å². The van der Waals surface area contributed by atoms with Gasteiger partial charge in [-0.3, -0.25) is 4.90 Å². The molecule has 0 spiro atoms. The van der Waals surface area contributed by atoms with Crippen LogP contribution in [0.15, 0.2) is 0 Å². The second-order valence-electron chi connectivity index (χ2n) is 4.95. The molecule has 3 nitrogen and oxygen atoms in total. The van der Waals surface area contributed by atoms with Gasteiger partial charge in [-0.15, -0.1) is 0 Å². The Balaban J connectivity index is 1.80.